The van der Waals surface area contributed by atoms with E-state index in [-0.39, 0.29) is 6.03 Å². The third kappa shape index (κ3) is 4.04. The molecule has 2 N–H and O–H groups in total. The fourth-order valence-corrected chi connectivity index (χ4v) is 3.89. The average Bonchev–Trinajstić information content (AvgIpc) is 2.96. The van der Waals surface area contributed by atoms with Crippen molar-refractivity contribution in [3.05, 3.63) is 42.2 Å². The molecule has 7 heteroatoms. The number of rotatable bonds is 4. The molecule has 24 heavy (non-hydrogen) atoms. The van der Waals surface area contributed by atoms with Gasteiger partial charge in [0.2, 0.25) is 5.09 Å². The first-order chi connectivity index (χ1) is 11.6. The van der Waals surface area contributed by atoms with Crippen LogP contribution in [-0.4, -0.2) is 27.6 Å². The molecule has 2 amide bonds. The fourth-order valence-electron chi connectivity index (χ4n) is 2.63. The van der Waals surface area contributed by atoms with E-state index in [4.69, 9.17) is 4.42 Å². The highest BCUT2D eigenvalue weighted by Gasteiger charge is 2.22. The molecule has 1 fully saturated rings. The standard InChI is InChI=1S/C17H21N3O3S/c1-13-15(19-17(21)18-14-8-4-2-5-9-14)12-16(23-13)24(22)20-10-6-3-7-11-20/h2,4-5,8-9,12H,3,6-7,10-11H2,1H3,(H2,18,19,21). The van der Waals surface area contributed by atoms with E-state index in [2.05, 4.69) is 10.6 Å². The molecule has 0 bridgehead atoms. The SMILES string of the molecule is Cc1oc(S(=O)N2CCCCC2)cc1NC(=O)Nc1ccccc1. The molecule has 2 heterocycles. The van der Waals surface area contributed by atoms with Crippen LogP contribution in [0.25, 0.3) is 0 Å². The van der Waals surface area contributed by atoms with Gasteiger partial charge in [0.25, 0.3) is 0 Å². The van der Waals surface area contributed by atoms with E-state index >= 15 is 0 Å². The van der Waals surface area contributed by atoms with Gasteiger partial charge in [-0.05, 0) is 31.9 Å². The molecular weight excluding hydrogens is 326 g/mol. The Morgan fingerprint density at radius 3 is 2.54 bits per heavy atom. The Morgan fingerprint density at radius 1 is 1.12 bits per heavy atom. The summed E-state index contributed by atoms with van der Waals surface area (Å²) in [6.45, 7) is 3.36. The normalized spacial score (nSPS) is 16.5. The van der Waals surface area contributed by atoms with Crippen LogP contribution in [0.5, 0.6) is 0 Å². The summed E-state index contributed by atoms with van der Waals surface area (Å²) < 4.78 is 20.1. The van der Waals surface area contributed by atoms with Crippen LogP contribution >= 0.6 is 0 Å². The van der Waals surface area contributed by atoms with E-state index in [1.165, 1.54) is 6.42 Å². The van der Waals surface area contributed by atoms with Gasteiger partial charge in [-0.15, -0.1) is 0 Å². The van der Waals surface area contributed by atoms with Crippen LogP contribution < -0.4 is 10.6 Å². The van der Waals surface area contributed by atoms with Gasteiger partial charge in [0.05, 0.1) is 5.69 Å². The van der Waals surface area contributed by atoms with E-state index in [0.717, 1.165) is 25.9 Å². The Labute approximate surface area is 143 Å². The Balaban J connectivity index is 1.65. The zero-order valence-corrected chi connectivity index (χ0v) is 14.4. The molecule has 0 spiro atoms. The van der Waals surface area contributed by atoms with E-state index in [9.17, 15) is 9.00 Å². The first-order valence-electron chi connectivity index (χ1n) is 8.04. The lowest BCUT2D eigenvalue weighted by atomic mass is 10.2. The summed E-state index contributed by atoms with van der Waals surface area (Å²) in [7, 11) is -1.32. The predicted molar refractivity (Wildman–Crippen MR) is 94.4 cm³/mol. The second-order valence-electron chi connectivity index (χ2n) is 5.72. The second-order valence-corrected chi connectivity index (χ2v) is 7.14. The van der Waals surface area contributed by atoms with Gasteiger partial charge in [-0.1, -0.05) is 24.6 Å². The first-order valence-corrected chi connectivity index (χ1v) is 9.14. The van der Waals surface area contributed by atoms with Crippen LogP contribution in [-0.2, 0) is 11.0 Å². The number of amides is 2. The highest BCUT2D eigenvalue weighted by molar-refractivity contribution is 7.82. The summed E-state index contributed by atoms with van der Waals surface area (Å²) in [5.74, 6) is 0.540. The molecule has 1 aromatic heterocycles. The summed E-state index contributed by atoms with van der Waals surface area (Å²) in [4.78, 5) is 12.1. The minimum absolute atomic E-state index is 0.361. The predicted octanol–water partition coefficient (Wildman–Crippen LogP) is 3.74. The number of aryl methyl sites for hydroxylation is 1. The maximum Gasteiger partial charge on any atom is 0.323 e. The van der Waals surface area contributed by atoms with Gasteiger partial charge in [-0.25, -0.2) is 13.3 Å². The smallest absolute Gasteiger partial charge is 0.323 e. The lowest BCUT2D eigenvalue weighted by Crippen LogP contribution is -2.31. The number of nitrogens with one attached hydrogen (secondary N) is 2. The van der Waals surface area contributed by atoms with Gasteiger partial charge >= 0.3 is 6.03 Å². The van der Waals surface area contributed by atoms with Crippen molar-refractivity contribution < 1.29 is 13.4 Å². The van der Waals surface area contributed by atoms with Gasteiger partial charge in [-0.3, -0.25) is 0 Å². The number of para-hydroxylation sites is 1. The summed E-state index contributed by atoms with van der Waals surface area (Å²) in [6.07, 6.45) is 3.28. The van der Waals surface area contributed by atoms with Crippen molar-refractivity contribution in [1.29, 1.82) is 0 Å². The lowest BCUT2D eigenvalue weighted by Gasteiger charge is -2.23. The Morgan fingerprint density at radius 2 is 1.83 bits per heavy atom. The third-order valence-corrected chi connectivity index (χ3v) is 5.28. The van der Waals surface area contributed by atoms with Crippen molar-refractivity contribution in [2.24, 2.45) is 0 Å². The summed E-state index contributed by atoms with van der Waals surface area (Å²) in [6, 6.07) is 10.5. The quantitative estimate of drug-likeness (QED) is 0.885. The number of carbonyl (C=O) groups is 1. The molecule has 0 aliphatic carbocycles. The molecule has 1 aliphatic rings. The van der Waals surface area contributed by atoms with Crippen LogP contribution in [0.15, 0.2) is 45.9 Å². The molecule has 1 atom stereocenters. The molecular formula is C17H21N3O3S. The number of hydrogen-bond acceptors (Lipinski definition) is 3. The Kier molecular flexibility index (Phi) is 5.32. The maximum absolute atomic E-state index is 12.6. The van der Waals surface area contributed by atoms with Gasteiger partial charge in [0, 0.05) is 24.8 Å². The van der Waals surface area contributed by atoms with Crippen LogP contribution in [0, 0.1) is 6.92 Å². The summed E-state index contributed by atoms with van der Waals surface area (Å²) in [5, 5.41) is 5.86. The van der Waals surface area contributed by atoms with Gasteiger partial charge in [-0.2, -0.15) is 0 Å². The molecule has 0 saturated carbocycles. The van der Waals surface area contributed by atoms with Crippen molar-refractivity contribution in [2.75, 3.05) is 23.7 Å². The molecule has 1 aliphatic heterocycles. The fraction of sp³-hybridized carbons (Fsp3) is 0.353. The highest BCUT2D eigenvalue weighted by atomic mass is 32.2. The lowest BCUT2D eigenvalue weighted by molar-refractivity contribution is 0.262. The Bertz CT molecular complexity index is 724. The molecule has 1 aromatic carbocycles. The van der Waals surface area contributed by atoms with Crippen molar-refractivity contribution in [2.45, 2.75) is 31.3 Å². The number of benzene rings is 1. The third-order valence-electron chi connectivity index (χ3n) is 3.90. The topological polar surface area (TPSA) is 74.6 Å². The molecule has 1 saturated heterocycles. The van der Waals surface area contributed by atoms with Crippen LogP contribution in [0.4, 0.5) is 16.2 Å². The minimum Gasteiger partial charge on any atom is -0.449 e. The van der Waals surface area contributed by atoms with Gasteiger partial charge in [0.15, 0.2) is 11.0 Å². The number of furan rings is 1. The average molecular weight is 347 g/mol. The number of hydrogen-bond donors (Lipinski definition) is 2. The number of anilines is 2. The number of piperidine rings is 1. The van der Waals surface area contributed by atoms with Gasteiger partial charge in [0.1, 0.15) is 5.76 Å². The van der Waals surface area contributed by atoms with Crippen LogP contribution in [0.1, 0.15) is 25.0 Å². The molecule has 3 rings (SSSR count). The highest BCUT2D eigenvalue weighted by Crippen LogP contribution is 2.25. The number of carbonyl (C=O) groups excluding carboxylic acids is 1. The molecule has 2 aromatic rings. The van der Waals surface area contributed by atoms with Crippen molar-refractivity contribution >= 4 is 28.4 Å². The number of nitrogens with zero attached hydrogens (tertiary/aromatic N) is 1. The monoisotopic (exact) mass is 347 g/mol. The molecule has 6 nitrogen and oxygen atoms in total. The van der Waals surface area contributed by atoms with E-state index in [1.54, 1.807) is 25.1 Å². The van der Waals surface area contributed by atoms with Gasteiger partial charge < -0.3 is 15.1 Å². The van der Waals surface area contributed by atoms with Crippen molar-refractivity contribution in [1.82, 2.24) is 4.31 Å². The van der Waals surface area contributed by atoms with Crippen LogP contribution in [0.3, 0.4) is 0 Å². The number of urea groups is 1. The van der Waals surface area contributed by atoms with E-state index in [1.807, 2.05) is 22.5 Å². The molecule has 0 radical (unpaired) electrons. The van der Waals surface area contributed by atoms with Crippen molar-refractivity contribution in [3.63, 3.8) is 0 Å². The maximum atomic E-state index is 12.6. The summed E-state index contributed by atoms with van der Waals surface area (Å²) in [5.41, 5.74) is 1.23. The zero-order chi connectivity index (χ0) is 16.9. The van der Waals surface area contributed by atoms with E-state index < -0.39 is 11.0 Å². The minimum atomic E-state index is -1.32. The molecule has 128 valence electrons. The largest absolute Gasteiger partial charge is 0.449 e. The van der Waals surface area contributed by atoms with Crippen molar-refractivity contribution in [3.8, 4) is 0 Å². The second kappa shape index (κ2) is 7.63. The van der Waals surface area contributed by atoms with Crippen LogP contribution in [0.2, 0.25) is 0 Å². The van der Waals surface area contributed by atoms with E-state index in [0.29, 0.717) is 22.2 Å². The molecule has 1 unspecified atom stereocenters. The zero-order valence-electron chi connectivity index (χ0n) is 13.6. The summed E-state index contributed by atoms with van der Waals surface area (Å²) >= 11 is 0. The first kappa shape index (κ1) is 16.7. The Hall–Kier alpha value is -2.12.